The van der Waals surface area contributed by atoms with Gasteiger partial charge in [0.1, 0.15) is 5.75 Å². The van der Waals surface area contributed by atoms with Crippen LogP contribution in [-0.2, 0) is 13.0 Å². The number of anilines is 1. The molecule has 1 aromatic heterocycles. The summed E-state index contributed by atoms with van der Waals surface area (Å²) in [5.74, 6) is 1.85. The Bertz CT molecular complexity index is 814. The molecule has 1 saturated heterocycles. The van der Waals surface area contributed by atoms with Crippen LogP contribution in [0.4, 0.5) is 10.6 Å². The molecule has 0 bridgehead atoms. The van der Waals surface area contributed by atoms with Crippen molar-refractivity contribution in [1.29, 1.82) is 0 Å². The minimum Gasteiger partial charge on any atom is -0.493 e. The van der Waals surface area contributed by atoms with Gasteiger partial charge in [0.25, 0.3) is 0 Å². The van der Waals surface area contributed by atoms with Crippen molar-refractivity contribution >= 4 is 11.8 Å². The third-order valence-corrected chi connectivity index (χ3v) is 5.56. The van der Waals surface area contributed by atoms with E-state index in [1.165, 1.54) is 5.56 Å². The number of nitrogens with zero attached hydrogens (tertiary/aromatic N) is 4. The van der Waals surface area contributed by atoms with Crippen LogP contribution in [0.25, 0.3) is 0 Å². The molecule has 148 valence electrons. The Hall–Kier alpha value is -2.83. The van der Waals surface area contributed by atoms with E-state index in [0.29, 0.717) is 6.54 Å². The molecule has 1 atom stereocenters. The van der Waals surface area contributed by atoms with Gasteiger partial charge in [-0.2, -0.15) is 5.10 Å². The number of piperidine rings is 1. The molecule has 7 nitrogen and oxygen atoms in total. The van der Waals surface area contributed by atoms with E-state index in [2.05, 4.69) is 26.5 Å². The number of amides is 2. The summed E-state index contributed by atoms with van der Waals surface area (Å²) >= 11 is 0. The van der Waals surface area contributed by atoms with Crippen LogP contribution in [-0.4, -0.2) is 53.9 Å². The van der Waals surface area contributed by atoms with Gasteiger partial charge in [0, 0.05) is 32.9 Å². The van der Waals surface area contributed by atoms with E-state index in [0.717, 1.165) is 62.5 Å². The highest BCUT2D eigenvalue weighted by molar-refractivity contribution is 5.74. The van der Waals surface area contributed by atoms with Crippen LogP contribution in [0.1, 0.15) is 30.4 Å². The highest BCUT2D eigenvalue weighted by atomic mass is 16.5. The highest BCUT2D eigenvalue weighted by Crippen LogP contribution is 2.25. The fraction of sp³-hybridized carbons (Fsp3) is 0.476. The maximum atomic E-state index is 12.7. The molecule has 0 aliphatic carbocycles. The minimum absolute atomic E-state index is 0.0417. The van der Waals surface area contributed by atoms with Crippen LogP contribution in [0, 0.1) is 0 Å². The number of aryl methyl sites for hydroxylation is 1. The molecule has 0 spiro atoms. The van der Waals surface area contributed by atoms with E-state index in [9.17, 15) is 4.79 Å². The molecular formula is C21H27N5O2. The Morgan fingerprint density at radius 3 is 3.14 bits per heavy atom. The lowest BCUT2D eigenvalue weighted by Crippen LogP contribution is -2.51. The highest BCUT2D eigenvalue weighted by Gasteiger charge is 2.26. The lowest BCUT2D eigenvalue weighted by Gasteiger charge is -2.38. The zero-order valence-electron chi connectivity index (χ0n) is 16.3. The summed E-state index contributed by atoms with van der Waals surface area (Å²) in [6.07, 6.45) is 5.80. The molecular weight excluding hydrogens is 354 g/mol. The molecule has 0 unspecified atom stereocenters. The number of hydrogen-bond acceptors (Lipinski definition) is 5. The lowest BCUT2D eigenvalue weighted by atomic mass is 10.0. The van der Waals surface area contributed by atoms with Gasteiger partial charge in [-0.05, 0) is 55.0 Å². The fourth-order valence-electron chi connectivity index (χ4n) is 3.93. The standard InChI is InChI=1S/C21H27N5O2/c1-25(18-6-3-11-26(15-18)20-7-2-10-23-24-20)21(27)22-14-16-8-9-19-17(13-16)5-4-12-28-19/h2,7-10,13,18H,3-6,11-12,14-15H2,1H3,(H,22,27)/t18-/m1/s1. The van der Waals surface area contributed by atoms with Gasteiger partial charge in [-0.3, -0.25) is 0 Å². The molecule has 7 heteroatoms. The van der Waals surface area contributed by atoms with E-state index in [1.807, 2.05) is 36.2 Å². The van der Waals surface area contributed by atoms with Crippen molar-refractivity contribution in [2.75, 3.05) is 31.6 Å². The quantitative estimate of drug-likeness (QED) is 0.882. The summed E-state index contributed by atoms with van der Waals surface area (Å²) in [4.78, 5) is 16.7. The van der Waals surface area contributed by atoms with Crippen molar-refractivity contribution in [3.05, 3.63) is 47.7 Å². The maximum Gasteiger partial charge on any atom is 0.317 e. The van der Waals surface area contributed by atoms with Crippen LogP contribution >= 0.6 is 0 Å². The molecule has 3 heterocycles. The van der Waals surface area contributed by atoms with E-state index in [-0.39, 0.29) is 12.1 Å². The van der Waals surface area contributed by atoms with Crippen molar-refractivity contribution in [3.63, 3.8) is 0 Å². The normalized spacial score (nSPS) is 18.8. The Morgan fingerprint density at radius 2 is 2.29 bits per heavy atom. The molecule has 2 amide bonds. The van der Waals surface area contributed by atoms with Gasteiger partial charge in [0.05, 0.1) is 12.6 Å². The molecule has 0 saturated carbocycles. The van der Waals surface area contributed by atoms with Gasteiger partial charge >= 0.3 is 6.03 Å². The molecule has 1 aromatic carbocycles. The number of rotatable bonds is 4. The smallest absolute Gasteiger partial charge is 0.317 e. The number of benzene rings is 1. The number of hydrogen-bond donors (Lipinski definition) is 1. The average Bonchev–Trinajstić information content (AvgIpc) is 2.77. The van der Waals surface area contributed by atoms with Crippen LogP contribution < -0.4 is 15.0 Å². The summed E-state index contributed by atoms with van der Waals surface area (Å²) in [5.41, 5.74) is 2.34. The summed E-state index contributed by atoms with van der Waals surface area (Å²) < 4.78 is 5.66. The summed E-state index contributed by atoms with van der Waals surface area (Å²) in [6, 6.07) is 10.2. The predicted octanol–water partition coefficient (Wildman–Crippen LogP) is 2.61. The van der Waals surface area contributed by atoms with Crippen molar-refractivity contribution in [1.82, 2.24) is 20.4 Å². The van der Waals surface area contributed by atoms with Crippen molar-refractivity contribution < 1.29 is 9.53 Å². The zero-order valence-corrected chi connectivity index (χ0v) is 16.3. The number of likely N-dealkylation sites (N-methyl/N-ethyl adjacent to an activating group) is 1. The summed E-state index contributed by atoms with van der Waals surface area (Å²) in [6.45, 7) is 3.04. The third-order valence-electron chi connectivity index (χ3n) is 5.56. The Kier molecular flexibility index (Phi) is 5.60. The van der Waals surface area contributed by atoms with Gasteiger partial charge < -0.3 is 19.9 Å². The van der Waals surface area contributed by atoms with Crippen molar-refractivity contribution in [2.45, 2.75) is 38.3 Å². The van der Waals surface area contributed by atoms with Crippen LogP contribution in [0.5, 0.6) is 5.75 Å². The van der Waals surface area contributed by atoms with Gasteiger partial charge in [0.15, 0.2) is 5.82 Å². The molecule has 28 heavy (non-hydrogen) atoms. The zero-order chi connectivity index (χ0) is 19.3. The first-order valence-corrected chi connectivity index (χ1v) is 9.98. The number of ether oxygens (including phenoxy) is 1. The topological polar surface area (TPSA) is 70.6 Å². The van der Waals surface area contributed by atoms with Gasteiger partial charge in [0.2, 0.25) is 0 Å². The molecule has 0 radical (unpaired) electrons. The first-order chi connectivity index (χ1) is 13.7. The van der Waals surface area contributed by atoms with Gasteiger partial charge in [-0.1, -0.05) is 12.1 Å². The number of aromatic nitrogens is 2. The van der Waals surface area contributed by atoms with Crippen LogP contribution in [0.2, 0.25) is 0 Å². The third kappa shape index (κ3) is 4.18. The summed E-state index contributed by atoms with van der Waals surface area (Å²) in [5, 5.41) is 11.2. The molecule has 2 aliphatic rings. The van der Waals surface area contributed by atoms with Crippen LogP contribution in [0.3, 0.4) is 0 Å². The Labute approximate surface area is 165 Å². The number of carbonyl (C=O) groups excluding carboxylic acids is 1. The number of carbonyl (C=O) groups is 1. The molecule has 2 aliphatic heterocycles. The number of urea groups is 1. The SMILES string of the molecule is CN(C(=O)NCc1ccc2c(c1)CCCO2)[C@@H]1CCCN(c2cccnn2)C1. The molecule has 1 fully saturated rings. The van der Waals surface area contributed by atoms with E-state index < -0.39 is 0 Å². The van der Waals surface area contributed by atoms with Crippen molar-refractivity contribution in [2.24, 2.45) is 0 Å². The minimum atomic E-state index is -0.0417. The van der Waals surface area contributed by atoms with E-state index in [4.69, 9.17) is 4.74 Å². The van der Waals surface area contributed by atoms with E-state index >= 15 is 0 Å². The van der Waals surface area contributed by atoms with Crippen molar-refractivity contribution in [3.8, 4) is 5.75 Å². The molecule has 1 N–H and O–H groups in total. The second-order valence-electron chi connectivity index (χ2n) is 7.49. The van der Waals surface area contributed by atoms with E-state index in [1.54, 1.807) is 6.20 Å². The Balaban J connectivity index is 1.33. The largest absolute Gasteiger partial charge is 0.493 e. The molecule has 2 aromatic rings. The van der Waals surface area contributed by atoms with Gasteiger partial charge in [-0.15, -0.1) is 5.10 Å². The van der Waals surface area contributed by atoms with Gasteiger partial charge in [-0.25, -0.2) is 4.79 Å². The summed E-state index contributed by atoms with van der Waals surface area (Å²) in [7, 11) is 1.88. The second kappa shape index (κ2) is 8.46. The first-order valence-electron chi connectivity index (χ1n) is 9.98. The number of nitrogens with one attached hydrogen (secondary N) is 1. The monoisotopic (exact) mass is 381 g/mol. The first kappa shape index (κ1) is 18.5. The number of fused-ring (bicyclic) bond motifs is 1. The predicted molar refractivity (Wildman–Crippen MR) is 108 cm³/mol. The lowest BCUT2D eigenvalue weighted by molar-refractivity contribution is 0.182. The van der Waals surface area contributed by atoms with Crippen LogP contribution in [0.15, 0.2) is 36.5 Å². The second-order valence-corrected chi connectivity index (χ2v) is 7.49. The fourth-order valence-corrected chi connectivity index (χ4v) is 3.93. The molecule has 4 rings (SSSR count). The maximum absolute atomic E-state index is 12.7. The Morgan fingerprint density at radius 1 is 1.36 bits per heavy atom. The average molecular weight is 381 g/mol.